The van der Waals surface area contributed by atoms with Crippen molar-refractivity contribution in [2.45, 2.75) is 57.5 Å². The molecule has 1 N–H and O–H groups in total. The lowest BCUT2D eigenvalue weighted by molar-refractivity contribution is 0.203. The summed E-state index contributed by atoms with van der Waals surface area (Å²) in [5.74, 6) is 1.27. The zero-order valence-corrected chi connectivity index (χ0v) is 12.7. The average molecular weight is 295 g/mol. The molecule has 0 unspecified atom stereocenters. The second-order valence-corrected chi connectivity index (χ2v) is 6.51. The Hall–Kier alpha value is -0.800. The van der Waals surface area contributed by atoms with Crippen LogP contribution in [0.1, 0.15) is 50.5 Å². The molecule has 0 bridgehead atoms. The molecule has 2 saturated carbocycles. The minimum atomic E-state index is 0.590. The fourth-order valence-corrected chi connectivity index (χ4v) is 3.01. The highest BCUT2D eigenvalue weighted by atomic mass is 35.5. The van der Waals surface area contributed by atoms with E-state index in [1.165, 1.54) is 44.9 Å². The SMILES string of the molecule is Clc1cc(CNC2CC2)cnc1OCC1CCCCC1. The zero-order chi connectivity index (χ0) is 13.8. The molecule has 110 valence electrons. The molecule has 0 aromatic carbocycles. The standard InChI is InChI=1S/C16H23ClN2O/c17-15-8-13(9-18-14-6-7-14)10-19-16(15)20-11-12-4-2-1-3-5-12/h8,10,12,14,18H,1-7,9,11H2. The number of halogens is 1. The van der Waals surface area contributed by atoms with Gasteiger partial charge in [0.05, 0.1) is 6.61 Å². The highest BCUT2D eigenvalue weighted by Crippen LogP contribution is 2.27. The highest BCUT2D eigenvalue weighted by molar-refractivity contribution is 6.31. The van der Waals surface area contributed by atoms with Crippen molar-refractivity contribution in [3.05, 3.63) is 22.8 Å². The van der Waals surface area contributed by atoms with Crippen molar-refractivity contribution >= 4 is 11.6 Å². The van der Waals surface area contributed by atoms with Crippen LogP contribution in [0, 0.1) is 5.92 Å². The summed E-state index contributed by atoms with van der Waals surface area (Å²) in [7, 11) is 0. The minimum absolute atomic E-state index is 0.590. The Kier molecular flexibility index (Phi) is 4.79. The molecule has 0 aliphatic heterocycles. The number of nitrogens with one attached hydrogen (secondary N) is 1. The van der Waals surface area contributed by atoms with Gasteiger partial charge in [-0.2, -0.15) is 0 Å². The molecule has 1 heterocycles. The lowest BCUT2D eigenvalue weighted by atomic mass is 9.90. The van der Waals surface area contributed by atoms with Gasteiger partial charge in [0.2, 0.25) is 5.88 Å². The third-order valence-electron chi connectivity index (χ3n) is 4.22. The van der Waals surface area contributed by atoms with Crippen LogP contribution >= 0.6 is 11.6 Å². The van der Waals surface area contributed by atoms with Crippen LogP contribution in [0.4, 0.5) is 0 Å². The molecule has 1 aromatic rings. The molecule has 0 radical (unpaired) electrons. The van der Waals surface area contributed by atoms with Crippen molar-refractivity contribution in [1.82, 2.24) is 10.3 Å². The van der Waals surface area contributed by atoms with Gasteiger partial charge in [0.15, 0.2) is 0 Å². The van der Waals surface area contributed by atoms with E-state index in [-0.39, 0.29) is 0 Å². The summed E-state index contributed by atoms with van der Waals surface area (Å²) in [6.45, 7) is 1.60. The number of hydrogen-bond acceptors (Lipinski definition) is 3. The first kappa shape index (κ1) is 14.2. The average Bonchev–Trinajstić information content (AvgIpc) is 3.29. The maximum Gasteiger partial charge on any atom is 0.232 e. The number of aromatic nitrogens is 1. The molecule has 3 rings (SSSR count). The Balaban J connectivity index is 1.50. The van der Waals surface area contributed by atoms with Crippen LogP contribution in [0.2, 0.25) is 5.02 Å². The molecule has 20 heavy (non-hydrogen) atoms. The maximum atomic E-state index is 6.26. The van der Waals surface area contributed by atoms with Crippen LogP contribution in [0.25, 0.3) is 0 Å². The summed E-state index contributed by atoms with van der Waals surface area (Å²) in [4.78, 5) is 4.37. The van der Waals surface area contributed by atoms with E-state index in [1.807, 2.05) is 12.3 Å². The van der Waals surface area contributed by atoms with Gasteiger partial charge in [-0.3, -0.25) is 0 Å². The molecule has 2 aliphatic rings. The van der Waals surface area contributed by atoms with E-state index in [0.717, 1.165) is 18.7 Å². The number of hydrogen-bond donors (Lipinski definition) is 1. The van der Waals surface area contributed by atoms with E-state index < -0.39 is 0 Å². The van der Waals surface area contributed by atoms with Gasteiger partial charge in [0, 0.05) is 18.8 Å². The molecule has 0 saturated heterocycles. The second-order valence-electron chi connectivity index (χ2n) is 6.10. The van der Waals surface area contributed by atoms with Gasteiger partial charge in [0.1, 0.15) is 5.02 Å². The second kappa shape index (κ2) is 6.77. The highest BCUT2D eigenvalue weighted by Gasteiger charge is 2.20. The lowest BCUT2D eigenvalue weighted by Crippen LogP contribution is -2.17. The Bertz CT molecular complexity index is 442. The van der Waals surface area contributed by atoms with Crippen LogP contribution in [0.3, 0.4) is 0 Å². The van der Waals surface area contributed by atoms with Gasteiger partial charge in [-0.25, -0.2) is 4.98 Å². The van der Waals surface area contributed by atoms with Crippen LogP contribution in [-0.4, -0.2) is 17.6 Å². The van der Waals surface area contributed by atoms with Crippen molar-refractivity contribution in [1.29, 1.82) is 0 Å². The lowest BCUT2D eigenvalue weighted by Gasteiger charge is -2.21. The number of rotatable bonds is 6. The van der Waals surface area contributed by atoms with Crippen molar-refractivity contribution in [2.75, 3.05) is 6.61 Å². The van der Waals surface area contributed by atoms with E-state index in [0.29, 0.717) is 22.9 Å². The molecule has 1 aromatic heterocycles. The van der Waals surface area contributed by atoms with E-state index in [2.05, 4.69) is 10.3 Å². The summed E-state index contributed by atoms with van der Waals surface area (Å²) < 4.78 is 5.81. The summed E-state index contributed by atoms with van der Waals surface area (Å²) in [5.41, 5.74) is 1.13. The van der Waals surface area contributed by atoms with Gasteiger partial charge >= 0.3 is 0 Å². The van der Waals surface area contributed by atoms with Crippen LogP contribution < -0.4 is 10.1 Å². The Labute approximate surface area is 126 Å². The normalized spacial score (nSPS) is 20.1. The molecular formula is C16H23ClN2O. The molecule has 2 fully saturated rings. The van der Waals surface area contributed by atoms with Gasteiger partial charge in [-0.1, -0.05) is 30.9 Å². The Morgan fingerprint density at radius 1 is 1.20 bits per heavy atom. The first-order chi connectivity index (χ1) is 9.81. The van der Waals surface area contributed by atoms with E-state index >= 15 is 0 Å². The number of ether oxygens (including phenoxy) is 1. The van der Waals surface area contributed by atoms with Gasteiger partial charge in [0.25, 0.3) is 0 Å². The molecule has 4 heteroatoms. The minimum Gasteiger partial charge on any atom is -0.476 e. The number of nitrogens with zero attached hydrogens (tertiary/aromatic N) is 1. The third kappa shape index (κ3) is 4.10. The molecule has 0 atom stereocenters. The molecule has 3 nitrogen and oxygen atoms in total. The molecule has 0 amide bonds. The molecule has 2 aliphatic carbocycles. The largest absolute Gasteiger partial charge is 0.476 e. The quantitative estimate of drug-likeness (QED) is 0.863. The van der Waals surface area contributed by atoms with Gasteiger partial charge in [-0.05, 0) is 43.2 Å². The maximum absolute atomic E-state index is 6.26. The Morgan fingerprint density at radius 3 is 2.70 bits per heavy atom. The molecule has 0 spiro atoms. The smallest absolute Gasteiger partial charge is 0.232 e. The Morgan fingerprint density at radius 2 is 2.00 bits per heavy atom. The van der Waals surface area contributed by atoms with Crippen molar-refractivity contribution < 1.29 is 4.74 Å². The predicted molar refractivity (Wildman–Crippen MR) is 81.2 cm³/mol. The summed E-state index contributed by atoms with van der Waals surface area (Å²) in [5, 5.41) is 4.10. The third-order valence-corrected chi connectivity index (χ3v) is 4.49. The van der Waals surface area contributed by atoms with Crippen molar-refractivity contribution in [3.63, 3.8) is 0 Å². The predicted octanol–water partition coefficient (Wildman–Crippen LogP) is 3.95. The number of pyridine rings is 1. The topological polar surface area (TPSA) is 34.2 Å². The fraction of sp³-hybridized carbons (Fsp3) is 0.688. The van der Waals surface area contributed by atoms with E-state index in [4.69, 9.17) is 16.3 Å². The first-order valence-corrected chi connectivity index (χ1v) is 8.19. The summed E-state index contributed by atoms with van der Waals surface area (Å²) >= 11 is 6.26. The van der Waals surface area contributed by atoms with Gasteiger partial charge < -0.3 is 10.1 Å². The van der Waals surface area contributed by atoms with Crippen LogP contribution in [-0.2, 0) is 6.54 Å². The van der Waals surface area contributed by atoms with Crippen LogP contribution in [0.5, 0.6) is 5.88 Å². The fourth-order valence-electron chi connectivity index (χ4n) is 2.77. The van der Waals surface area contributed by atoms with Crippen molar-refractivity contribution in [3.8, 4) is 5.88 Å². The first-order valence-electron chi connectivity index (χ1n) is 7.82. The summed E-state index contributed by atoms with van der Waals surface area (Å²) in [6.07, 6.45) is 11.1. The zero-order valence-electron chi connectivity index (χ0n) is 11.9. The summed E-state index contributed by atoms with van der Waals surface area (Å²) in [6, 6.07) is 2.68. The van der Waals surface area contributed by atoms with Crippen LogP contribution in [0.15, 0.2) is 12.3 Å². The van der Waals surface area contributed by atoms with Gasteiger partial charge in [-0.15, -0.1) is 0 Å². The van der Waals surface area contributed by atoms with E-state index in [1.54, 1.807) is 0 Å². The monoisotopic (exact) mass is 294 g/mol. The van der Waals surface area contributed by atoms with E-state index in [9.17, 15) is 0 Å². The molecular weight excluding hydrogens is 272 g/mol. The van der Waals surface area contributed by atoms with Crippen molar-refractivity contribution in [2.24, 2.45) is 5.92 Å².